The highest BCUT2D eigenvalue weighted by Crippen LogP contribution is 2.35. The van der Waals surface area contributed by atoms with Crippen molar-refractivity contribution in [2.75, 3.05) is 0 Å². The van der Waals surface area contributed by atoms with Gasteiger partial charge >= 0.3 is 10.1 Å². The van der Waals surface area contributed by atoms with Gasteiger partial charge in [0.1, 0.15) is 22.5 Å². The van der Waals surface area contributed by atoms with Crippen LogP contribution < -0.4 is 4.74 Å². The van der Waals surface area contributed by atoms with Gasteiger partial charge in [-0.1, -0.05) is 60.3 Å². The number of rotatable bonds is 4. The molecule has 27 heavy (non-hydrogen) atoms. The molecule has 0 saturated carbocycles. The SMILES string of the molecule is C=Cc1ccc(S(=O)(=O)O/N=C2\c3c(ccc4ccccc34)OC2C)cc1. The van der Waals surface area contributed by atoms with Crippen LogP contribution in [0.5, 0.6) is 5.75 Å². The fourth-order valence-corrected chi connectivity index (χ4v) is 3.82. The van der Waals surface area contributed by atoms with Crippen molar-refractivity contribution in [3.05, 3.63) is 78.4 Å². The second-order valence-corrected chi connectivity index (χ2v) is 7.73. The molecule has 5 nitrogen and oxygen atoms in total. The number of hydrogen-bond acceptors (Lipinski definition) is 5. The van der Waals surface area contributed by atoms with Crippen molar-refractivity contribution >= 4 is 32.7 Å². The Hall–Kier alpha value is -3.12. The monoisotopic (exact) mass is 379 g/mol. The molecule has 0 amide bonds. The minimum absolute atomic E-state index is 0.0298. The molecule has 0 saturated heterocycles. The minimum atomic E-state index is -4.03. The number of oxime groups is 1. The Morgan fingerprint density at radius 1 is 1.07 bits per heavy atom. The molecule has 0 aromatic heterocycles. The molecule has 1 aliphatic heterocycles. The second kappa shape index (κ2) is 6.55. The summed E-state index contributed by atoms with van der Waals surface area (Å²) in [6.07, 6.45) is 1.22. The molecule has 0 fully saturated rings. The normalized spacial score (nSPS) is 17.5. The first-order valence-corrected chi connectivity index (χ1v) is 9.83. The third kappa shape index (κ3) is 3.08. The summed E-state index contributed by atoms with van der Waals surface area (Å²) in [6.45, 7) is 5.46. The van der Waals surface area contributed by atoms with Gasteiger partial charge in [0.2, 0.25) is 0 Å². The standard InChI is InChI=1S/C21H17NO4S/c1-3-15-8-11-17(12-9-15)27(23,24)26-22-21-14(2)25-19-13-10-16-6-4-5-7-18(16)20(19)21/h3-14H,1H2,2H3/b22-21-. The van der Waals surface area contributed by atoms with Gasteiger partial charge < -0.3 is 4.74 Å². The lowest BCUT2D eigenvalue weighted by Gasteiger charge is -2.06. The van der Waals surface area contributed by atoms with E-state index in [1.807, 2.05) is 43.3 Å². The molecule has 0 aliphatic carbocycles. The molecular formula is C21H17NO4S. The maximum absolute atomic E-state index is 12.5. The Morgan fingerprint density at radius 3 is 2.56 bits per heavy atom. The smallest absolute Gasteiger partial charge is 0.358 e. The van der Waals surface area contributed by atoms with Crippen LogP contribution in [0.1, 0.15) is 18.1 Å². The first-order chi connectivity index (χ1) is 13.0. The maximum Gasteiger partial charge on any atom is 0.358 e. The van der Waals surface area contributed by atoms with E-state index in [2.05, 4.69) is 11.7 Å². The van der Waals surface area contributed by atoms with Crippen LogP contribution in [0, 0.1) is 0 Å². The zero-order chi connectivity index (χ0) is 19.0. The molecule has 136 valence electrons. The van der Waals surface area contributed by atoms with Crippen LogP contribution in [0.15, 0.2) is 77.3 Å². The molecule has 0 N–H and O–H groups in total. The number of nitrogens with zero attached hydrogens (tertiary/aromatic N) is 1. The van der Waals surface area contributed by atoms with Gasteiger partial charge in [0.25, 0.3) is 0 Å². The zero-order valence-corrected chi connectivity index (χ0v) is 15.4. The quantitative estimate of drug-likeness (QED) is 0.631. The van der Waals surface area contributed by atoms with E-state index in [1.54, 1.807) is 18.2 Å². The number of benzene rings is 3. The summed E-state index contributed by atoms with van der Waals surface area (Å²) in [4.78, 5) is 0.0298. The third-order valence-electron chi connectivity index (χ3n) is 4.47. The van der Waals surface area contributed by atoms with Crippen LogP contribution >= 0.6 is 0 Å². The predicted molar refractivity (Wildman–Crippen MR) is 105 cm³/mol. The fraction of sp³-hybridized carbons (Fsp3) is 0.0952. The van der Waals surface area contributed by atoms with E-state index < -0.39 is 16.2 Å². The maximum atomic E-state index is 12.5. The van der Waals surface area contributed by atoms with Crippen molar-refractivity contribution in [3.8, 4) is 5.75 Å². The highest BCUT2D eigenvalue weighted by atomic mass is 32.2. The minimum Gasteiger partial charge on any atom is -0.484 e. The molecule has 0 radical (unpaired) electrons. The topological polar surface area (TPSA) is 65.0 Å². The fourth-order valence-electron chi connectivity index (χ4n) is 3.09. The summed E-state index contributed by atoms with van der Waals surface area (Å²) < 4.78 is 35.8. The van der Waals surface area contributed by atoms with E-state index in [0.29, 0.717) is 11.5 Å². The van der Waals surface area contributed by atoms with E-state index in [1.165, 1.54) is 12.1 Å². The van der Waals surface area contributed by atoms with Crippen LogP contribution in [-0.4, -0.2) is 20.2 Å². The van der Waals surface area contributed by atoms with Crippen LogP contribution in [0.2, 0.25) is 0 Å². The number of ether oxygens (including phenoxy) is 1. The molecule has 0 bridgehead atoms. The highest BCUT2D eigenvalue weighted by molar-refractivity contribution is 7.86. The predicted octanol–water partition coefficient (Wildman–Crippen LogP) is 4.37. The molecule has 3 aromatic carbocycles. The second-order valence-electron chi connectivity index (χ2n) is 6.20. The lowest BCUT2D eigenvalue weighted by atomic mass is 10.00. The molecule has 0 spiro atoms. The summed E-state index contributed by atoms with van der Waals surface area (Å²) in [5.74, 6) is 0.663. The van der Waals surface area contributed by atoms with Crippen LogP contribution in [0.3, 0.4) is 0 Å². The van der Waals surface area contributed by atoms with Crippen molar-refractivity contribution in [2.45, 2.75) is 17.9 Å². The van der Waals surface area contributed by atoms with Gasteiger partial charge in [0.05, 0.1) is 5.56 Å². The van der Waals surface area contributed by atoms with Gasteiger partial charge in [-0.25, -0.2) is 0 Å². The Balaban J connectivity index is 1.73. The molecule has 6 heteroatoms. The van der Waals surface area contributed by atoms with E-state index in [4.69, 9.17) is 9.02 Å². The van der Waals surface area contributed by atoms with Crippen molar-refractivity contribution in [1.29, 1.82) is 0 Å². The number of hydrogen-bond donors (Lipinski definition) is 0. The Bertz CT molecular complexity index is 1160. The highest BCUT2D eigenvalue weighted by Gasteiger charge is 2.30. The lowest BCUT2D eigenvalue weighted by Crippen LogP contribution is -2.18. The largest absolute Gasteiger partial charge is 0.484 e. The molecular weight excluding hydrogens is 362 g/mol. The summed E-state index contributed by atoms with van der Waals surface area (Å²) in [7, 11) is -4.03. The van der Waals surface area contributed by atoms with Crippen molar-refractivity contribution in [3.63, 3.8) is 0 Å². The van der Waals surface area contributed by atoms with Crippen LogP contribution in [-0.2, 0) is 14.4 Å². The Labute approximate surface area is 157 Å². The first-order valence-electron chi connectivity index (χ1n) is 8.42. The van der Waals surface area contributed by atoms with E-state index in [9.17, 15) is 8.42 Å². The lowest BCUT2D eigenvalue weighted by molar-refractivity contribution is 0.291. The van der Waals surface area contributed by atoms with Crippen LogP contribution in [0.4, 0.5) is 0 Å². The van der Waals surface area contributed by atoms with Gasteiger partial charge in [-0.2, -0.15) is 8.42 Å². The van der Waals surface area contributed by atoms with Crippen LogP contribution in [0.25, 0.3) is 16.8 Å². The summed E-state index contributed by atoms with van der Waals surface area (Å²) in [5, 5.41) is 5.93. The first kappa shape index (κ1) is 17.3. The Morgan fingerprint density at radius 2 is 1.81 bits per heavy atom. The summed E-state index contributed by atoms with van der Waals surface area (Å²) >= 11 is 0. The van der Waals surface area contributed by atoms with Gasteiger partial charge in [0, 0.05) is 0 Å². The van der Waals surface area contributed by atoms with Gasteiger partial charge in [-0.3, -0.25) is 4.28 Å². The molecule has 1 heterocycles. The van der Waals surface area contributed by atoms with Crippen molar-refractivity contribution < 1.29 is 17.4 Å². The van der Waals surface area contributed by atoms with Crippen molar-refractivity contribution in [2.24, 2.45) is 5.16 Å². The van der Waals surface area contributed by atoms with E-state index in [0.717, 1.165) is 21.9 Å². The molecule has 1 unspecified atom stereocenters. The average molecular weight is 379 g/mol. The molecule has 1 atom stereocenters. The zero-order valence-electron chi connectivity index (χ0n) is 14.6. The number of fused-ring (bicyclic) bond motifs is 3. The van der Waals surface area contributed by atoms with Gasteiger partial charge in [-0.05, 0) is 41.5 Å². The molecule has 3 aromatic rings. The van der Waals surface area contributed by atoms with Gasteiger partial charge in [-0.15, -0.1) is 0 Å². The summed E-state index contributed by atoms with van der Waals surface area (Å²) in [6, 6.07) is 17.8. The van der Waals surface area contributed by atoms with E-state index in [-0.39, 0.29) is 4.90 Å². The van der Waals surface area contributed by atoms with Crippen molar-refractivity contribution in [1.82, 2.24) is 0 Å². The average Bonchev–Trinajstić information content (AvgIpc) is 3.02. The van der Waals surface area contributed by atoms with Gasteiger partial charge in [0.15, 0.2) is 0 Å². The third-order valence-corrected chi connectivity index (χ3v) is 5.59. The molecule has 1 aliphatic rings. The Kier molecular flexibility index (Phi) is 4.20. The van der Waals surface area contributed by atoms with E-state index >= 15 is 0 Å². The summed E-state index contributed by atoms with van der Waals surface area (Å²) in [5.41, 5.74) is 2.03. The molecule has 4 rings (SSSR count).